The molecule has 0 heteroatoms. The average molecular weight is 351 g/mol. The molecule has 0 fully saturated rings. The molecule has 0 unspecified atom stereocenters. The zero-order chi connectivity index (χ0) is 19.4. The molecule has 2 rings (SSSR count). The summed E-state index contributed by atoms with van der Waals surface area (Å²) in [5.74, 6) is 2.31. The minimum Gasteiger partial charge on any atom is -0.0617 e. The Kier molecular flexibility index (Phi) is 7.09. The van der Waals surface area contributed by atoms with Crippen LogP contribution in [-0.4, -0.2) is 0 Å². The Morgan fingerprint density at radius 3 is 0.885 bits per heavy atom. The predicted octanol–water partition coefficient (Wildman–Crippen LogP) is 7.97. The van der Waals surface area contributed by atoms with Gasteiger partial charge in [0.2, 0.25) is 0 Å². The lowest BCUT2D eigenvalue weighted by molar-refractivity contribution is 0.758. The average Bonchev–Trinajstić information content (AvgIpc) is 2.58. The molecule has 142 valence electrons. The second kappa shape index (κ2) is 8.89. The maximum Gasteiger partial charge on any atom is -0.0216 e. The number of benzene rings is 2. The largest absolute Gasteiger partial charge is 0.0617 e. The molecule has 0 aliphatic carbocycles. The van der Waals surface area contributed by atoms with Crippen LogP contribution in [0.2, 0.25) is 0 Å². The molecule has 0 saturated heterocycles. The quantitative estimate of drug-likeness (QED) is 0.475. The molecule has 0 atom stereocenters. The Hall–Kier alpha value is -1.56. The van der Waals surface area contributed by atoms with Crippen molar-refractivity contribution in [3.63, 3.8) is 0 Å². The van der Waals surface area contributed by atoms with Crippen molar-refractivity contribution < 1.29 is 0 Å². The highest BCUT2D eigenvalue weighted by molar-refractivity contribution is 5.43. The summed E-state index contributed by atoms with van der Waals surface area (Å²) < 4.78 is 0. The molecule has 0 nitrogen and oxygen atoms in total. The van der Waals surface area contributed by atoms with Gasteiger partial charge in [0.1, 0.15) is 0 Å². The van der Waals surface area contributed by atoms with E-state index in [4.69, 9.17) is 0 Å². The molecule has 0 aromatic heterocycles. The molecule has 0 amide bonds. The first kappa shape index (κ1) is 20.7. The van der Waals surface area contributed by atoms with Gasteiger partial charge >= 0.3 is 0 Å². The van der Waals surface area contributed by atoms with Crippen LogP contribution in [0, 0.1) is 0 Å². The Balaban J connectivity index is 2.47. The monoisotopic (exact) mass is 350 g/mol. The van der Waals surface area contributed by atoms with E-state index in [1.807, 2.05) is 0 Å². The lowest BCUT2D eigenvalue weighted by Gasteiger charge is -2.23. The Morgan fingerprint density at radius 2 is 0.692 bits per heavy atom. The smallest absolute Gasteiger partial charge is 0.0216 e. The third-order valence-corrected chi connectivity index (χ3v) is 5.61. The fourth-order valence-corrected chi connectivity index (χ4v) is 4.24. The summed E-state index contributed by atoms with van der Waals surface area (Å²) in [6, 6.07) is 13.8. The van der Waals surface area contributed by atoms with Gasteiger partial charge in [-0.25, -0.2) is 0 Å². The Labute approximate surface area is 162 Å². The van der Waals surface area contributed by atoms with Crippen LogP contribution in [-0.2, 0) is 12.8 Å². The van der Waals surface area contributed by atoms with Crippen LogP contribution in [0.5, 0.6) is 0 Å². The molecule has 0 saturated carbocycles. The van der Waals surface area contributed by atoms with Crippen molar-refractivity contribution in [2.24, 2.45) is 0 Å². The Morgan fingerprint density at radius 1 is 0.462 bits per heavy atom. The zero-order valence-electron chi connectivity index (χ0n) is 18.2. The molecule has 2 aromatic rings. The van der Waals surface area contributed by atoms with Gasteiger partial charge in [-0.15, -0.1) is 0 Å². The maximum atomic E-state index is 2.34. The van der Waals surface area contributed by atoms with Gasteiger partial charge in [0.05, 0.1) is 0 Å². The van der Waals surface area contributed by atoms with Crippen molar-refractivity contribution in [2.75, 3.05) is 0 Å². The van der Waals surface area contributed by atoms with Crippen LogP contribution >= 0.6 is 0 Å². The third-order valence-electron chi connectivity index (χ3n) is 5.61. The van der Waals surface area contributed by atoms with E-state index in [2.05, 4.69) is 91.8 Å². The van der Waals surface area contributed by atoms with Crippen molar-refractivity contribution in [3.8, 4) is 0 Å². The second-order valence-corrected chi connectivity index (χ2v) is 8.95. The number of rotatable bonds is 7. The summed E-state index contributed by atoms with van der Waals surface area (Å²) in [4.78, 5) is 0. The highest BCUT2D eigenvalue weighted by Gasteiger charge is 2.17. The standard InChI is InChI=1S/C26H38/c1-17(2)21-11-9-12-22(18(3)4)25(21)15-16-26-23(19(5)6)13-10-14-24(26)20(7)8/h9-14,17-20H,15-16H2,1-8H3. The molecule has 0 N–H and O–H groups in total. The third kappa shape index (κ3) is 4.58. The highest BCUT2D eigenvalue weighted by Crippen LogP contribution is 2.32. The lowest BCUT2D eigenvalue weighted by Crippen LogP contribution is -2.09. The molecule has 26 heavy (non-hydrogen) atoms. The fraction of sp³-hybridized carbons (Fsp3) is 0.538. The van der Waals surface area contributed by atoms with Crippen molar-refractivity contribution in [1.82, 2.24) is 0 Å². The lowest BCUT2D eigenvalue weighted by atomic mass is 9.82. The molecule has 0 bridgehead atoms. The van der Waals surface area contributed by atoms with E-state index < -0.39 is 0 Å². The summed E-state index contributed by atoms with van der Waals surface area (Å²) >= 11 is 0. The zero-order valence-corrected chi connectivity index (χ0v) is 18.2. The van der Waals surface area contributed by atoms with Crippen molar-refractivity contribution in [2.45, 2.75) is 91.9 Å². The summed E-state index contributed by atoms with van der Waals surface area (Å²) in [7, 11) is 0. The molecule has 0 aliphatic rings. The van der Waals surface area contributed by atoms with E-state index in [1.54, 1.807) is 11.1 Å². The van der Waals surface area contributed by atoms with Crippen molar-refractivity contribution in [1.29, 1.82) is 0 Å². The van der Waals surface area contributed by atoms with Crippen LogP contribution in [0.4, 0.5) is 0 Å². The fourth-order valence-electron chi connectivity index (χ4n) is 4.24. The normalized spacial score (nSPS) is 12.0. The molecule has 0 spiro atoms. The van der Waals surface area contributed by atoms with Crippen LogP contribution in [0.15, 0.2) is 36.4 Å². The first-order chi connectivity index (χ1) is 12.2. The highest BCUT2D eigenvalue weighted by atomic mass is 14.2. The minimum absolute atomic E-state index is 0.577. The maximum absolute atomic E-state index is 2.34. The van der Waals surface area contributed by atoms with Gasteiger partial charge in [0.25, 0.3) is 0 Å². The summed E-state index contributed by atoms with van der Waals surface area (Å²) in [5, 5.41) is 0. The minimum atomic E-state index is 0.577. The summed E-state index contributed by atoms with van der Waals surface area (Å²) in [6.45, 7) is 18.6. The summed E-state index contributed by atoms with van der Waals surface area (Å²) in [6.07, 6.45) is 2.29. The predicted molar refractivity (Wildman–Crippen MR) is 117 cm³/mol. The molecule has 0 aliphatic heterocycles. The van der Waals surface area contributed by atoms with Crippen molar-refractivity contribution >= 4 is 0 Å². The SMILES string of the molecule is CC(C)c1cccc(C(C)C)c1CCc1c(C(C)C)cccc1C(C)C. The van der Waals surface area contributed by atoms with E-state index in [1.165, 1.54) is 22.3 Å². The number of hydrogen-bond acceptors (Lipinski definition) is 0. The van der Waals surface area contributed by atoms with Crippen LogP contribution in [0.1, 0.15) is 112 Å². The van der Waals surface area contributed by atoms with E-state index in [9.17, 15) is 0 Å². The topological polar surface area (TPSA) is 0 Å². The molecule has 2 aromatic carbocycles. The van der Waals surface area contributed by atoms with E-state index in [0.717, 1.165) is 12.8 Å². The van der Waals surface area contributed by atoms with Gasteiger partial charge in [-0.05, 0) is 69.9 Å². The van der Waals surface area contributed by atoms with Gasteiger partial charge in [-0.2, -0.15) is 0 Å². The van der Waals surface area contributed by atoms with E-state index >= 15 is 0 Å². The molecular formula is C26H38. The van der Waals surface area contributed by atoms with E-state index in [0.29, 0.717) is 23.7 Å². The van der Waals surface area contributed by atoms with Gasteiger partial charge in [0, 0.05) is 0 Å². The van der Waals surface area contributed by atoms with Crippen LogP contribution in [0.3, 0.4) is 0 Å². The molecule has 0 heterocycles. The van der Waals surface area contributed by atoms with E-state index in [-0.39, 0.29) is 0 Å². The van der Waals surface area contributed by atoms with Crippen molar-refractivity contribution in [3.05, 3.63) is 69.8 Å². The van der Waals surface area contributed by atoms with Gasteiger partial charge in [-0.3, -0.25) is 0 Å². The number of hydrogen-bond donors (Lipinski definition) is 0. The summed E-state index contributed by atoms with van der Waals surface area (Å²) in [5.41, 5.74) is 9.30. The first-order valence-corrected chi connectivity index (χ1v) is 10.5. The second-order valence-electron chi connectivity index (χ2n) is 8.95. The Bertz CT molecular complexity index is 601. The molecular weight excluding hydrogens is 312 g/mol. The van der Waals surface area contributed by atoms with Gasteiger partial charge in [-0.1, -0.05) is 91.8 Å². The van der Waals surface area contributed by atoms with Gasteiger partial charge in [0.15, 0.2) is 0 Å². The molecule has 0 radical (unpaired) electrons. The first-order valence-electron chi connectivity index (χ1n) is 10.5. The van der Waals surface area contributed by atoms with Gasteiger partial charge < -0.3 is 0 Å². The van der Waals surface area contributed by atoms with Crippen LogP contribution in [0.25, 0.3) is 0 Å². The van der Waals surface area contributed by atoms with Crippen LogP contribution < -0.4 is 0 Å².